The fourth-order valence-electron chi connectivity index (χ4n) is 3.09. The maximum absolute atomic E-state index is 12.9. The molecule has 0 bridgehead atoms. The third-order valence-electron chi connectivity index (χ3n) is 4.10. The number of rotatable bonds is 2. The Kier molecular flexibility index (Phi) is 3.87. The molecule has 130 valence electrons. The van der Waals surface area contributed by atoms with E-state index in [4.69, 9.17) is 14.2 Å². The lowest BCUT2D eigenvalue weighted by molar-refractivity contribution is -0.171. The van der Waals surface area contributed by atoms with Crippen LogP contribution in [0.1, 0.15) is 22.8 Å². The van der Waals surface area contributed by atoms with Crippen LogP contribution in [0.3, 0.4) is 0 Å². The highest BCUT2D eigenvalue weighted by Crippen LogP contribution is 2.45. The van der Waals surface area contributed by atoms with Crippen LogP contribution in [-0.2, 0) is 19.1 Å². The highest BCUT2D eigenvalue weighted by Gasteiger charge is 2.60. The minimum absolute atomic E-state index is 0.0255. The molecule has 1 aromatic rings. The van der Waals surface area contributed by atoms with Gasteiger partial charge in [0.2, 0.25) is 5.78 Å². The summed E-state index contributed by atoms with van der Waals surface area (Å²) in [5.41, 5.74) is -1.45. The third-order valence-corrected chi connectivity index (χ3v) is 4.10. The maximum atomic E-state index is 12.9. The number of ether oxygens (including phenoxy) is 3. The Morgan fingerprint density at radius 2 is 2.04 bits per heavy atom. The molecule has 1 aliphatic carbocycles. The number of carbonyl (C=O) groups excluding carboxylic acids is 3. The molecule has 7 nitrogen and oxygen atoms in total. The number of phenolic OH excluding ortho intramolecular Hbond substituents is 1. The average molecular weight is 344 g/mol. The highest BCUT2D eigenvalue weighted by atomic mass is 16.6. The van der Waals surface area contributed by atoms with Crippen molar-refractivity contribution >= 4 is 17.7 Å². The number of aryl methyl sites for hydroxylation is 1. The van der Waals surface area contributed by atoms with Crippen molar-refractivity contribution in [1.82, 2.24) is 0 Å². The van der Waals surface area contributed by atoms with Crippen LogP contribution in [0.15, 0.2) is 35.9 Å². The molecule has 1 aliphatic heterocycles. The van der Waals surface area contributed by atoms with Crippen LogP contribution >= 0.6 is 0 Å². The van der Waals surface area contributed by atoms with Gasteiger partial charge in [0.15, 0.2) is 6.10 Å². The molecule has 2 unspecified atom stereocenters. The van der Waals surface area contributed by atoms with Gasteiger partial charge in [-0.3, -0.25) is 9.59 Å². The van der Waals surface area contributed by atoms with Gasteiger partial charge in [-0.25, -0.2) is 4.79 Å². The monoisotopic (exact) mass is 344 g/mol. The Morgan fingerprint density at radius 3 is 2.68 bits per heavy atom. The van der Waals surface area contributed by atoms with Gasteiger partial charge in [-0.15, -0.1) is 0 Å². The Labute approximate surface area is 143 Å². The molecule has 1 N–H and O–H groups in total. The van der Waals surface area contributed by atoms with Gasteiger partial charge in [0.25, 0.3) is 5.60 Å². The molecule has 0 radical (unpaired) electrons. The van der Waals surface area contributed by atoms with Gasteiger partial charge >= 0.3 is 11.9 Å². The summed E-state index contributed by atoms with van der Waals surface area (Å²) in [4.78, 5) is 37.0. The van der Waals surface area contributed by atoms with E-state index in [0.29, 0.717) is 5.56 Å². The summed E-state index contributed by atoms with van der Waals surface area (Å²) in [5, 5.41) is 10.1. The Balaban J connectivity index is 2.26. The summed E-state index contributed by atoms with van der Waals surface area (Å²) in [6.07, 6.45) is 3.14. The van der Waals surface area contributed by atoms with Crippen molar-refractivity contribution in [2.75, 3.05) is 7.11 Å². The number of esters is 2. The number of phenols is 1. The van der Waals surface area contributed by atoms with Crippen LogP contribution in [-0.4, -0.2) is 41.6 Å². The van der Waals surface area contributed by atoms with E-state index in [2.05, 4.69) is 0 Å². The van der Waals surface area contributed by atoms with E-state index in [1.807, 2.05) is 0 Å². The molecule has 1 heterocycles. The number of ketones is 1. The van der Waals surface area contributed by atoms with Crippen molar-refractivity contribution in [2.45, 2.75) is 25.6 Å². The number of carbonyl (C=O) groups is 3. The molecule has 1 aromatic carbocycles. The van der Waals surface area contributed by atoms with Crippen LogP contribution < -0.4 is 4.74 Å². The molecule has 2 aliphatic rings. The Hall–Kier alpha value is -3.09. The average Bonchev–Trinajstić information content (AvgIpc) is 2.53. The van der Waals surface area contributed by atoms with E-state index >= 15 is 0 Å². The summed E-state index contributed by atoms with van der Waals surface area (Å²) >= 11 is 0. The van der Waals surface area contributed by atoms with Crippen molar-refractivity contribution < 1.29 is 33.7 Å². The van der Waals surface area contributed by atoms with Gasteiger partial charge in [0.05, 0.1) is 12.7 Å². The number of aromatic hydroxyl groups is 1. The molecule has 2 atom stereocenters. The van der Waals surface area contributed by atoms with Crippen LogP contribution in [0.4, 0.5) is 0 Å². The number of methoxy groups -OCH3 is 1. The number of hydrogen-bond donors (Lipinski definition) is 1. The third kappa shape index (κ3) is 2.39. The van der Waals surface area contributed by atoms with Crippen molar-refractivity contribution in [3.8, 4) is 11.5 Å². The SMILES string of the molecule is COC(=O)C12Oc3cc(C)cc(O)c3C(=O)C1=CC=CC2OC(C)=O. The van der Waals surface area contributed by atoms with E-state index in [9.17, 15) is 19.5 Å². The number of hydrogen-bond acceptors (Lipinski definition) is 7. The largest absolute Gasteiger partial charge is 0.507 e. The zero-order valence-electron chi connectivity index (χ0n) is 13.9. The fraction of sp³-hybridized carbons (Fsp3) is 0.278. The summed E-state index contributed by atoms with van der Waals surface area (Å²) in [5.74, 6) is -2.34. The number of Topliss-reactive ketones (excluding diaryl/α,β-unsaturated/α-hetero) is 1. The molecule has 25 heavy (non-hydrogen) atoms. The Bertz CT molecular complexity index is 849. The molecule has 0 aromatic heterocycles. The minimum atomic E-state index is -1.96. The molecular formula is C18H16O7. The number of benzene rings is 1. The van der Waals surface area contributed by atoms with Crippen LogP contribution in [0.2, 0.25) is 0 Å². The van der Waals surface area contributed by atoms with Gasteiger partial charge in [-0.1, -0.05) is 12.2 Å². The Morgan fingerprint density at radius 1 is 1.32 bits per heavy atom. The normalized spacial score (nSPS) is 23.7. The van der Waals surface area contributed by atoms with E-state index < -0.39 is 29.4 Å². The van der Waals surface area contributed by atoms with Crippen molar-refractivity contribution in [3.63, 3.8) is 0 Å². The summed E-state index contributed by atoms with van der Waals surface area (Å²) < 4.78 is 15.9. The van der Waals surface area contributed by atoms with E-state index in [1.54, 1.807) is 6.92 Å². The zero-order chi connectivity index (χ0) is 18.4. The smallest absolute Gasteiger partial charge is 0.359 e. The molecule has 0 fully saturated rings. The molecular weight excluding hydrogens is 328 g/mol. The van der Waals surface area contributed by atoms with Gasteiger partial charge in [-0.05, 0) is 30.7 Å². The summed E-state index contributed by atoms with van der Waals surface area (Å²) in [6, 6.07) is 2.95. The quantitative estimate of drug-likeness (QED) is 0.814. The van der Waals surface area contributed by atoms with E-state index in [1.165, 1.54) is 37.3 Å². The molecule has 0 saturated heterocycles. The van der Waals surface area contributed by atoms with Gasteiger partial charge in [-0.2, -0.15) is 0 Å². The van der Waals surface area contributed by atoms with Crippen LogP contribution in [0.25, 0.3) is 0 Å². The van der Waals surface area contributed by atoms with Crippen molar-refractivity contribution in [1.29, 1.82) is 0 Å². The second-order valence-electron chi connectivity index (χ2n) is 5.81. The second-order valence-corrected chi connectivity index (χ2v) is 5.81. The number of fused-ring (bicyclic) bond motifs is 2. The zero-order valence-corrected chi connectivity index (χ0v) is 13.9. The second kappa shape index (κ2) is 5.77. The lowest BCUT2D eigenvalue weighted by Gasteiger charge is -2.41. The highest BCUT2D eigenvalue weighted by molar-refractivity contribution is 6.18. The summed E-state index contributed by atoms with van der Waals surface area (Å²) in [6.45, 7) is 2.89. The first kappa shape index (κ1) is 16.8. The van der Waals surface area contributed by atoms with Crippen molar-refractivity contribution in [2.24, 2.45) is 0 Å². The standard InChI is InChI=1S/C18H16O7/c1-9-7-12(20)15-13(8-9)25-18(17(22)23-3)11(16(15)21)5-4-6-14(18)24-10(2)19/h4-8,14,20H,1-3H3. The predicted octanol–water partition coefficient (Wildman–Crippen LogP) is 1.62. The molecule has 0 saturated carbocycles. The maximum Gasteiger partial charge on any atom is 0.359 e. The minimum Gasteiger partial charge on any atom is -0.507 e. The van der Waals surface area contributed by atoms with Crippen LogP contribution in [0, 0.1) is 6.92 Å². The molecule has 7 heteroatoms. The van der Waals surface area contributed by atoms with E-state index in [0.717, 1.165) is 7.11 Å². The lowest BCUT2D eigenvalue weighted by atomic mass is 9.77. The van der Waals surface area contributed by atoms with Crippen molar-refractivity contribution in [3.05, 3.63) is 47.1 Å². The van der Waals surface area contributed by atoms with Crippen LogP contribution in [0.5, 0.6) is 11.5 Å². The van der Waals surface area contributed by atoms with Gasteiger partial charge < -0.3 is 19.3 Å². The first-order valence-electron chi connectivity index (χ1n) is 7.53. The molecule has 0 spiro atoms. The number of allylic oxidation sites excluding steroid dienone is 2. The summed E-state index contributed by atoms with van der Waals surface area (Å²) in [7, 11) is 1.15. The van der Waals surface area contributed by atoms with Gasteiger partial charge in [0.1, 0.15) is 17.1 Å². The molecule has 0 amide bonds. The first-order chi connectivity index (χ1) is 11.8. The van der Waals surface area contributed by atoms with Gasteiger partial charge in [0, 0.05) is 6.92 Å². The first-order valence-corrected chi connectivity index (χ1v) is 7.53. The lowest BCUT2D eigenvalue weighted by Crippen LogP contribution is -2.61. The molecule has 3 rings (SSSR count). The topological polar surface area (TPSA) is 99.1 Å². The van der Waals surface area contributed by atoms with E-state index in [-0.39, 0.29) is 22.6 Å². The predicted molar refractivity (Wildman–Crippen MR) is 85.3 cm³/mol. The fourth-order valence-corrected chi connectivity index (χ4v) is 3.09.